The topological polar surface area (TPSA) is 50.4 Å². The first kappa shape index (κ1) is 13.1. The Morgan fingerprint density at radius 2 is 2.00 bits per heavy atom. The first-order valence-corrected chi connectivity index (χ1v) is 5.48. The summed E-state index contributed by atoms with van der Waals surface area (Å²) in [5, 5.41) is 6.27. The van der Waals surface area contributed by atoms with Crippen LogP contribution in [-0.4, -0.2) is 26.2 Å². The number of rotatable bonds is 6. The molecule has 2 N–H and O–H groups in total. The lowest BCUT2D eigenvalue weighted by Crippen LogP contribution is -2.14. The van der Waals surface area contributed by atoms with Crippen LogP contribution < -0.4 is 10.6 Å². The van der Waals surface area contributed by atoms with E-state index in [9.17, 15) is 4.79 Å². The largest absolute Gasteiger partial charge is 0.460 e. The quantitative estimate of drug-likeness (QED) is 0.450. The van der Waals surface area contributed by atoms with Gasteiger partial charge in [0.25, 0.3) is 0 Å². The number of esters is 1. The second-order valence-electron chi connectivity index (χ2n) is 3.64. The minimum atomic E-state index is -0.353. The lowest BCUT2D eigenvalue weighted by atomic mass is 10.2. The molecule has 0 saturated carbocycles. The van der Waals surface area contributed by atoms with Crippen molar-refractivity contribution in [3.05, 3.63) is 36.4 Å². The molecule has 0 radical (unpaired) electrons. The second-order valence-corrected chi connectivity index (χ2v) is 3.64. The van der Waals surface area contributed by atoms with Crippen LogP contribution in [0.2, 0.25) is 0 Å². The summed E-state index contributed by atoms with van der Waals surface area (Å²) >= 11 is 0. The summed E-state index contributed by atoms with van der Waals surface area (Å²) in [6.07, 6.45) is 0. The zero-order valence-corrected chi connectivity index (χ0v) is 10.2. The molecule has 1 rings (SSSR count). The van der Waals surface area contributed by atoms with Crippen LogP contribution in [0.15, 0.2) is 36.4 Å². The highest BCUT2D eigenvalue weighted by atomic mass is 16.5. The van der Waals surface area contributed by atoms with Gasteiger partial charge in [0.1, 0.15) is 6.61 Å². The van der Waals surface area contributed by atoms with Crippen molar-refractivity contribution in [1.29, 1.82) is 0 Å². The van der Waals surface area contributed by atoms with Crippen molar-refractivity contribution >= 4 is 17.3 Å². The molecule has 0 spiro atoms. The maximum atomic E-state index is 11.1. The summed E-state index contributed by atoms with van der Waals surface area (Å²) in [5.74, 6) is -0.353. The monoisotopic (exact) mass is 234 g/mol. The lowest BCUT2D eigenvalue weighted by molar-refractivity contribution is -0.138. The fourth-order valence-corrected chi connectivity index (χ4v) is 1.31. The Balaban J connectivity index is 2.36. The summed E-state index contributed by atoms with van der Waals surface area (Å²) in [7, 11) is 1.86. The molecule has 0 aromatic heterocycles. The number of benzene rings is 1. The molecule has 1 aromatic carbocycles. The first-order chi connectivity index (χ1) is 8.15. The van der Waals surface area contributed by atoms with Gasteiger partial charge in [0, 0.05) is 19.2 Å². The fraction of sp³-hybridized carbons (Fsp3) is 0.308. The van der Waals surface area contributed by atoms with E-state index in [2.05, 4.69) is 17.2 Å². The molecule has 0 unspecified atom stereocenters. The molecule has 0 heterocycles. The van der Waals surface area contributed by atoms with Crippen LogP contribution in [0, 0.1) is 0 Å². The van der Waals surface area contributed by atoms with Crippen molar-refractivity contribution in [1.82, 2.24) is 0 Å². The standard InChI is InChI=1S/C13H18N2O2/c1-10(2)13(16)17-9-8-15-12-7-5-4-6-11(12)14-3/h4-7,14-15H,1,8-9H2,2-3H3. The number of ether oxygens (including phenoxy) is 1. The van der Waals surface area contributed by atoms with Crippen LogP contribution in [0.25, 0.3) is 0 Å². The van der Waals surface area contributed by atoms with Crippen LogP contribution in [0.5, 0.6) is 0 Å². The highest BCUT2D eigenvalue weighted by Crippen LogP contribution is 2.19. The van der Waals surface area contributed by atoms with Gasteiger partial charge in [0.15, 0.2) is 0 Å². The molecule has 4 heteroatoms. The van der Waals surface area contributed by atoms with Gasteiger partial charge in [-0.15, -0.1) is 0 Å². The van der Waals surface area contributed by atoms with E-state index in [4.69, 9.17) is 4.74 Å². The van der Waals surface area contributed by atoms with Gasteiger partial charge in [-0.3, -0.25) is 0 Å². The minimum absolute atomic E-state index is 0.323. The molecule has 0 bridgehead atoms. The van der Waals surface area contributed by atoms with Crippen molar-refractivity contribution in [2.45, 2.75) is 6.92 Å². The third-order valence-electron chi connectivity index (χ3n) is 2.20. The molecular weight excluding hydrogens is 216 g/mol. The van der Waals surface area contributed by atoms with Gasteiger partial charge >= 0.3 is 5.97 Å². The van der Waals surface area contributed by atoms with E-state index in [1.165, 1.54) is 0 Å². The summed E-state index contributed by atoms with van der Waals surface area (Å²) < 4.78 is 4.98. The smallest absolute Gasteiger partial charge is 0.333 e. The van der Waals surface area contributed by atoms with E-state index >= 15 is 0 Å². The Bertz CT molecular complexity index is 402. The average molecular weight is 234 g/mol. The summed E-state index contributed by atoms with van der Waals surface area (Å²) in [6.45, 7) is 6.04. The predicted octanol–water partition coefficient (Wildman–Crippen LogP) is 2.26. The van der Waals surface area contributed by atoms with Crippen molar-refractivity contribution in [2.24, 2.45) is 0 Å². The fourth-order valence-electron chi connectivity index (χ4n) is 1.31. The zero-order valence-electron chi connectivity index (χ0n) is 10.2. The SMILES string of the molecule is C=C(C)C(=O)OCCNc1ccccc1NC. The van der Waals surface area contributed by atoms with Crippen molar-refractivity contribution in [2.75, 3.05) is 30.8 Å². The Kier molecular flexibility index (Phi) is 5.07. The third kappa shape index (κ3) is 4.18. The van der Waals surface area contributed by atoms with Crippen LogP contribution in [0.4, 0.5) is 11.4 Å². The van der Waals surface area contributed by atoms with Crippen LogP contribution in [0.1, 0.15) is 6.92 Å². The molecule has 92 valence electrons. The van der Waals surface area contributed by atoms with Crippen molar-refractivity contribution in [3.63, 3.8) is 0 Å². The number of carbonyl (C=O) groups is 1. The van der Waals surface area contributed by atoms with Gasteiger partial charge in [-0.25, -0.2) is 4.79 Å². The predicted molar refractivity (Wildman–Crippen MR) is 70.3 cm³/mol. The molecule has 0 amide bonds. The van der Waals surface area contributed by atoms with E-state index in [1.807, 2.05) is 31.3 Å². The van der Waals surface area contributed by atoms with Gasteiger partial charge < -0.3 is 15.4 Å². The number of carbonyl (C=O) groups excluding carboxylic acids is 1. The van der Waals surface area contributed by atoms with Gasteiger partial charge in [-0.2, -0.15) is 0 Å². The maximum Gasteiger partial charge on any atom is 0.333 e. The summed E-state index contributed by atoms with van der Waals surface area (Å²) in [4.78, 5) is 11.1. The molecular formula is C13H18N2O2. The number of hydrogen-bond acceptors (Lipinski definition) is 4. The van der Waals surface area contributed by atoms with Gasteiger partial charge in [-0.05, 0) is 19.1 Å². The normalized spacial score (nSPS) is 9.53. The average Bonchev–Trinajstić information content (AvgIpc) is 2.34. The number of hydrogen-bond donors (Lipinski definition) is 2. The van der Waals surface area contributed by atoms with E-state index in [0.29, 0.717) is 18.7 Å². The molecule has 0 fully saturated rings. The highest BCUT2D eigenvalue weighted by molar-refractivity contribution is 5.86. The molecule has 17 heavy (non-hydrogen) atoms. The van der Waals surface area contributed by atoms with Crippen LogP contribution in [0.3, 0.4) is 0 Å². The van der Waals surface area contributed by atoms with Gasteiger partial charge in [0.2, 0.25) is 0 Å². The molecule has 4 nitrogen and oxygen atoms in total. The minimum Gasteiger partial charge on any atom is -0.460 e. The second kappa shape index (κ2) is 6.58. The van der Waals surface area contributed by atoms with E-state index in [1.54, 1.807) is 6.92 Å². The molecule has 0 atom stereocenters. The van der Waals surface area contributed by atoms with Crippen molar-refractivity contribution < 1.29 is 9.53 Å². The Hall–Kier alpha value is -1.97. The van der Waals surface area contributed by atoms with Gasteiger partial charge in [0.05, 0.1) is 11.4 Å². The van der Waals surface area contributed by atoms with Crippen LogP contribution >= 0.6 is 0 Å². The molecule has 0 aliphatic heterocycles. The van der Waals surface area contributed by atoms with Crippen LogP contribution in [-0.2, 0) is 9.53 Å². The zero-order chi connectivity index (χ0) is 12.7. The van der Waals surface area contributed by atoms with Crippen molar-refractivity contribution in [3.8, 4) is 0 Å². The summed E-state index contributed by atoms with van der Waals surface area (Å²) in [6, 6.07) is 7.84. The van der Waals surface area contributed by atoms with E-state index < -0.39 is 0 Å². The number of para-hydroxylation sites is 2. The lowest BCUT2D eigenvalue weighted by Gasteiger charge is -2.11. The Morgan fingerprint density at radius 3 is 2.59 bits per heavy atom. The Morgan fingerprint density at radius 1 is 1.35 bits per heavy atom. The number of anilines is 2. The summed E-state index contributed by atoms with van der Waals surface area (Å²) in [5.41, 5.74) is 2.42. The first-order valence-electron chi connectivity index (χ1n) is 5.48. The molecule has 1 aromatic rings. The highest BCUT2D eigenvalue weighted by Gasteiger charge is 2.02. The van der Waals surface area contributed by atoms with E-state index in [0.717, 1.165) is 11.4 Å². The third-order valence-corrected chi connectivity index (χ3v) is 2.20. The Labute approximate surface area is 102 Å². The van der Waals surface area contributed by atoms with Gasteiger partial charge in [-0.1, -0.05) is 18.7 Å². The molecule has 0 aliphatic carbocycles. The number of nitrogens with one attached hydrogen (secondary N) is 2. The van der Waals surface area contributed by atoms with E-state index in [-0.39, 0.29) is 5.97 Å². The molecule has 0 saturated heterocycles. The maximum absolute atomic E-state index is 11.1. The molecule has 0 aliphatic rings.